The van der Waals surface area contributed by atoms with Gasteiger partial charge in [-0.2, -0.15) is 0 Å². The first-order valence-corrected chi connectivity index (χ1v) is 7.10. The molecule has 1 aromatic carbocycles. The summed E-state index contributed by atoms with van der Waals surface area (Å²) in [5.74, 6) is 1.39. The van der Waals surface area contributed by atoms with E-state index in [0.717, 1.165) is 32.0 Å². The van der Waals surface area contributed by atoms with E-state index in [2.05, 4.69) is 50.4 Å². The fraction of sp³-hybridized carbons (Fsp3) is 0.625. The van der Waals surface area contributed by atoms with E-state index in [0.29, 0.717) is 5.92 Å². The first-order chi connectivity index (χ1) is 8.61. The molecule has 0 aliphatic heterocycles. The van der Waals surface area contributed by atoms with Crippen molar-refractivity contribution in [3.8, 4) is 0 Å². The van der Waals surface area contributed by atoms with Crippen molar-refractivity contribution in [1.29, 1.82) is 0 Å². The molecule has 1 atom stereocenters. The van der Waals surface area contributed by atoms with Crippen LogP contribution < -0.4 is 11.1 Å². The van der Waals surface area contributed by atoms with Crippen LogP contribution in [0.5, 0.6) is 0 Å². The molecule has 18 heavy (non-hydrogen) atoms. The molecule has 0 saturated heterocycles. The highest BCUT2D eigenvalue weighted by Gasteiger charge is 2.01. The lowest BCUT2D eigenvalue weighted by Gasteiger charge is -2.12. The Morgan fingerprint density at radius 3 is 2.22 bits per heavy atom. The van der Waals surface area contributed by atoms with Crippen molar-refractivity contribution in [3.05, 3.63) is 35.4 Å². The quantitative estimate of drug-likeness (QED) is 0.742. The fourth-order valence-corrected chi connectivity index (χ4v) is 2.11. The predicted octanol–water partition coefficient (Wildman–Crippen LogP) is 2.96. The topological polar surface area (TPSA) is 38.0 Å². The molecule has 0 aliphatic carbocycles. The minimum atomic E-state index is 0.662. The van der Waals surface area contributed by atoms with Crippen molar-refractivity contribution in [2.75, 3.05) is 13.1 Å². The highest BCUT2D eigenvalue weighted by atomic mass is 14.9. The van der Waals surface area contributed by atoms with Crippen molar-refractivity contribution in [2.24, 2.45) is 17.6 Å². The lowest BCUT2D eigenvalue weighted by atomic mass is 10.0. The molecule has 0 bridgehead atoms. The van der Waals surface area contributed by atoms with Crippen molar-refractivity contribution in [1.82, 2.24) is 5.32 Å². The molecule has 1 aromatic rings. The van der Waals surface area contributed by atoms with Gasteiger partial charge in [-0.1, -0.05) is 45.0 Å². The van der Waals surface area contributed by atoms with Crippen LogP contribution in [0.4, 0.5) is 0 Å². The van der Waals surface area contributed by atoms with Gasteiger partial charge in [0.1, 0.15) is 0 Å². The molecule has 3 N–H and O–H groups in total. The van der Waals surface area contributed by atoms with Gasteiger partial charge in [0, 0.05) is 6.54 Å². The molecule has 102 valence electrons. The molecule has 0 aromatic heterocycles. The van der Waals surface area contributed by atoms with Gasteiger partial charge < -0.3 is 11.1 Å². The SMILES string of the molecule is CC(C)Cc1ccc(CNCC(C)CCN)cc1. The molecule has 0 heterocycles. The maximum atomic E-state index is 5.54. The summed E-state index contributed by atoms with van der Waals surface area (Å²) < 4.78 is 0. The van der Waals surface area contributed by atoms with Gasteiger partial charge in [-0.05, 0) is 48.9 Å². The second-order valence-corrected chi connectivity index (χ2v) is 5.73. The molecule has 0 aliphatic rings. The summed E-state index contributed by atoms with van der Waals surface area (Å²) in [6.45, 7) is 9.54. The number of rotatable bonds is 8. The van der Waals surface area contributed by atoms with E-state index in [4.69, 9.17) is 5.73 Å². The Balaban J connectivity index is 2.30. The molecular weight excluding hydrogens is 220 g/mol. The molecule has 2 heteroatoms. The summed E-state index contributed by atoms with van der Waals surface area (Å²) >= 11 is 0. The van der Waals surface area contributed by atoms with Crippen LogP contribution in [0, 0.1) is 11.8 Å². The maximum Gasteiger partial charge on any atom is 0.0205 e. The third kappa shape index (κ3) is 6.18. The van der Waals surface area contributed by atoms with Crippen LogP contribution in [-0.2, 0) is 13.0 Å². The van der Waals surface area contributed by atoms with Crippen molar-refractivity contribution >= 4 is 0 Å². The third-order valence-corrected chi connectivity index (χ3v) is 3.15. The first-order valence-electron chi connectivity index (χ1n) is 7.10. The van der Waals surface area contributed by atoms with Gasteiger partial charge in [0.05, 0.1) is 0 Å². The number of hydrogen-bond acceptors (Lipinski definition) is 2. The third-order valence-electron chi connectivity index (χ3n) is 3.15. The maximum absolute atomic E-state index is 5.54. The highest BCUT2D eigenvalue weighted by molar-refractivity contribution is 5.22. The molecule has 0 saturated carbocycles. The zero-order valence-corrected chi connectivity index (χ0v) is 12.1. The monoisotopic (exact) mass is 248 g/mol. The molecule has 2 nitrogen and oxygen atoms in total. The number of nitrogens with one attached hydrogen (secondary N) is 1. The van der Waals surface area contributed by atoms with Gasteiger partial charge >= 0.3 is 0 Å². The lowest BCUT2D eigenvalue weighted by Crippen LogP contribution is -2.22. The Bertz CT molecular complexity index is 316. The molecule has 1 rings (SSSR count). The van der Waals surface area contributed by atoms with Crippen LogP contribution in [-0.4, -0.2) is 13.1 Å². The molecule has 0 spiro atoms. The normalized spacial score (nSPS) is 12.9. The number of hydrogen-bond donors (Lipinski definition) is 2. The molecule has 0 amide bonds. The van der Waals surface area contributed by atoms with Gasteiger partial charge in [-0.15, -0.1) is 0 Å². The molecule has 0 fully saturated rings. The Morgan fingerprint density at radius 1 is 1.06 bits per heavy atom. The van der Waals surface area contributed by atoms with E-state index < -0.39 is 0 Å². The van der Waals surface area contributed by atoms with Crippen LogP contribution in [0.15, 0.2) is 24.3 Å². The van der Waals surface area contributed by atoms with Crippen LogP contribution in [0.3, 0.4) is 0 Å². The summed E-state index contributed by atoms with van der Waals surface area (Å²) in [7, 11) is 0. The predicted molar refractivity (Wildman–Crippen MR) is 79.5 cm³/mol. The minimum Gasteiger partial charge on any atom is -0.330 e. The summed E-state index contributed by atoms with van der Waals surface area (Å²) in [4.78, 5) is 0. The minimum absolute atomic E-state index is 0.662. The van der Waals surface area contributed by atoms with Crippen molar-refractivity contribution in [3.63, 3.8) is 0 Å². The average molecular weight is 248 g/mol. The Kier molecular flexibility index (Phi) is 6.99. The Hall–Kier alpha value is -0.860. The molecule has 1 unspecified atom stereocenters. The van der Waals surface area contributed by atoms with Crippen LogP contribution in [0.25, 0.3) is 0 Å². The van der Waals surface area contributed by atoms with Crippen molar-refractivity contribution < 1.29 is 0 Å². The summed E-state index contributed by atoms with van der Waals surface area (Å²) in [5, 5.41) is 3.49. The summed E-state index contributed by atoms with van der Waals surface area (Å²) in [6.07, 6.45) is 2.27. The van der Waals surface area contributed by atoms with E-state index in [1.165, 1.54) is 17.5 Å². The van der Waals surface area contributed by atoms with Gasteiger partial charge in [0.15, 0.2) is 0 Å². The van der Waals surface area contributed by atoms with E-state index >= 15 is 0 Å². The fourth-order valence-electron chi connectivity index (χ4n) is 2.11. The van der Waals surface area contributed by atoms with Crippen LogP contribution in [0.1, 0.15) is 38.3 Å². The first kappa shape index (κ1) is 15.2. The molecular formula is C16H28N2. The zero-order valence-electron chi connectivity index (χ0n) is 12.1. The Labute approximate surface area is 112 Å². The summed E-state index contributed by atoms with van der Waals surface area (Å²) in [5.41, 5.74) is 8.34. The lowest BCUT2D eigenvalue weighted by molar-refractivity contribution is 0.486. The largest absolute Gasteiger partial charge is 0.330 e. The highest BCUT2D eigenvalue weighted by Crippen LogP contribution is 2.09. The van der Waals surface area contributed by atoms with Gasteiger partial charge in [-0.3, -0.25) is 0 Å². The van der Waals surface area contributed by atoms with Gasteiger partial charge in [0.2, 0.25) is 0 Å². The van der Waals surface area contributed by atoms with E-state index in [-0.39, 0.29) is 0 Å². The zero-order chi connectivity index (χ0) is 13.4. The standard InChI is InChI=1S/C16H28N2/c1-13(2)10-15-4-6-16(7-5-15)12-18-11-14(3)8-9-17/h4-7,13-14,18H,8-12,17H2,1-3H3. The van der Waals surface area contributed by atoms with Crippen LogP contribution >= 0.6 is 0 Å². The molecule has 0 radical (unpaired) electrons. The van der Waals surface area contributed by atoms with E-state index in [1.807, 2.05) is 0 Å². The average Bonchev–Trinajstić information content (AvgIpc) is 2.31. The van der Waals surface area contributed by atoms with E-state index in [1.54, 1.807) is 0 Å². The second-order valence-electron chi connectivity index (χ2n) is 5.73. The van der Waals surface area contributed by atoms with E-state index in [9.17, 15) is 0 Å². The van der Waals surface area contributed by atoms with Crippen LogP contribution in [0.2, 0.25) is 0 Å². The Morgan fingerprint density at radius 2 is 1.67 bits per heavy atom. The van der Waals surface area contributed by atoms with Crippen molar-refractivity contribution in [2.45, 2.75) is 40.2 Å². The smallest absolute Gasteiger partial charge is 0.0205 e. The second kappa shape index (κ2) is 8.28. The number of benzene rings is 1. The summed E-state index contributed by atoms with van der Waals surface area (Å²) in [6, 6.07) is 8.97. The van der Waals surface area contributed by atoms with Gasteiger partial charge in [0.25, 0.3) is 0 Å². The van der Waals surface area contributed by atoms with Gasteiger partial charge in [-0.25, -0.2) is 0 Å². The number of nitrogens with two attached hydrogens (primary N) is 1.